The van der Waals surface area contributed by atoms with Gasteiger partial charge in [0.2, 0.25) is 0 Å². The summed E-state index contributed by atoms with van der Waals surface area (Å²) in [6, 6.07) is 17.6. The third-order valence-corrected chi connectivity index (χ3v) is 3.43. The predicted octanol–water partition coefficient (Wildman–Crippen LogP) is 5.60. The van der Waals surface area contributed by atoms with E-state index in [0.29, 0.717) is 17.1 Å². The first-order valence-electron chi connectivity index (χ1n) is 6.36. The van der Waals surface area contributed by atoms with E-state index in [2.05, 4.69) is 20.9 Å². The summed E-state index contributed by atoms with van der Waals surface area (Å²) < 4.78 is 19.8. The molecule has 2 nitrogen and oxygen atoms in total. The molecule has 0 N–H and O–H groups in total. The van der Waals surface area contributed by atoms with Crippen molar-refractivity contribution in [3.05, 3.63) is 76.7 Å². The number of rotatable bonds is 3. The lowest BCUT2D eigenvalue weighted by molar-refractivity contribution is 0.573. The summed E-state index contributed by atoms with van der Waals surface area (Å²) in [7, 11) is 0. The normalized spacial score (nSPS) is 11.1. The summed E-state index contributed by atoms with van der Waals surface area (Å²) in [6.07, 6.45) is 1.64. The lowest BCUT2D eigenvalue weighted by Crippen LogP contribution is -1.77. The molecule has 0 spiro atoms. The van der Waals surface area contributed by atoms with E-state index in [9.17, 15) is 4.39 Å². The largest absolute Gasteiger partial charge is 0.455 e. The Morgan fingerprint density at radius 2 is 1.81 bits per heavy atom. The van der Waals surface area contributed by atoms with E-state index in [1.54, 1.807) is 24.4 Å². The molecule has 0 amide bonds. The van der Waals surface area contributed by atoms with Crippen LogP contribution in [0.4, 0.5) is 10.1 Å². The molecule has 3 aromatic rings. The number of furan rings is 1. The maximum absolute atomic E-state index is 13.2. The molecule has 0 saturated carbocycles. The van der Waals surface area contributed by atoms with Gasteiger partial charge in [0, 0.05) is 10.0 Å². The minimum absolute atomic E-state index is 0.283. The highest BCUT2D eigenvalue weighted by atomic mass is 79.9. The SMILES string of the molecule is Fc1cccc(-c2ccc(C=Nc3ccc(Br)cc3)o2)c1. The van der Waals surface area contributed by atoms with Crippen LogP contribution in [0.1, 0.15) is 5.76 Å². The minimum Gasteiger partial charge on any atom is -0.455 e. The minimum atomic E-state index is -0.283. The summed E-state index contributed by atoms with van der Waals surface area (Å²) in [5.41, 5.74) is 1.54. The van der Waals surface area contributed by atoms with Gasteiger partial charge >= 0.3 is 0 Å². The van der Waals surface area contributed by atoms with Crippen LogP contribution in [-0.2, 0) is 0 Å². The average molecular weight is 344 g/mol. The third-order valence-electron chi connectivity index (χ3n) is 2.90. The van der Waals surface area contributed by atoms with Crippen molar-refractivity contribution in [3.8, 4) is 11.3 Å². The van der Waals surface area contributed by atoms with Gasteiger partial charge in [-0.2, -0.15) is 0 Å². The van der Waals surface area contributed by atoms with Gasteiger partial charge in [0.1, 0.15) is 17.3 Å². The first kappa shape index (κ1) is 13.8. The second kappa shape index (κ2) is 6.06. The van der Waals surface area contributed by atoms with Gasteiger partial charge in [0.25, 0.3) is 0 Å². The van der Waals surface area contributed by atoms with Crippen LogP contribution < -0.4 is 0 Å². The zero-order valence-corrected chi connectivity index (χ0v) is 12.5. The molecular formula is C17H11BrFNO. The van der Waals surface area contributed by atoms with Crippen LogP contribution in [0.2, 0.25) is 0 Å². The van der Waals surface area contributed by atoms with Crippen molar-refractivity contribution in [2.75, 3.05) is 0 Å². The lowest BCUT2D eigenvalue weighted by Gasteiger charge is -1.96. The number of aliphatic imine (C=N–C) groups is 1. The van der Waals surface area contributed by atoms with Crippen LogP contribution in [0.5, 0.6) is 0 Å². The molecule has 0 aliphatic rings. The number of benzene rings is 2. The second-order valence-corrected chi connectivity index (χ2v) is 5.36. The molecular weight excluding hydrogens is 333 g/mol. The monoisotopic (exact) mass is 343 g/mol. The Bertz CT molecular complexity index is 777. The molecule has 21 heavy (non-hydrogen) atoms. The average Bonchev–Trinajstić information content (AvgIpc) is 2.96. The molecule has 1 aromatic heterocycles. The van der Waals surface area contributed by atoms with Gasteiger partial charge in [-0.25, -0.2) is 4.39 Å². The summed E-state index contributed by atoms with van der Waals surface area (Å²) in [4.78, 5) is 4.33. The van der Waals surface area contributed by atoms with Gasteiger partial charge in [-0.15, -0.1) is 0 Å². The maximum Gasteiger partial charge on any atom is 0.145 e. The Morgan fingerprint density at radius 3 is 2.57 bits per heavy atom. The van der Waals surface area contributed by atoms with Crippen LogP contribution in [0, 0.1) is 5.82 Å². The highest BCUT2D eigenvalue weighted by Gasteiger charge is 2.04. The molecule has 2 aromatic carbocycles. The fraction of sp³-hybridized carbons (Fsp3) is 0. The van der Waals surface area contributed by atoms with Crippen molar-refractivity contribution < 1.29 is 8.81 Å². The highest BCUT2D eigenvalue weighted by Crippen LogP contribution is 2.23. The van der Waals surface area contributed by atoms with Gasteiger partial charge in [-0.3, -0.25) is 4.99 Å². The van der Waals surface area contributed by atoms with Crippen LogP contribution in [0.3, 0.4) is 0 Å². The number of hydrogen-bond acceptors (Lipinski definition) is 2. The van der Waals surface area contributed by atoms with E-state index < -0.39 is 0 Å². The van der Waals surface area contributed by atoms with Gasteiger partial charge < -0.3 is 4.42 Å². The third kappa shape index (κ3) is 3.47. The predicted molar refractivity (Wildman–Crippen MR) is 85.5 cm³/mol. The summed E-state index contributed by atoms with van der Waals surface area (Å²) in [6.45, 7) is 0. The number of hydrogen-bond donors (Lipinski definition) is 0. The molecule has 0 bridgehead atoms. The van der Waals surface area contributed by atoms with E-state index >= 15 is 0 Å². The summed E-state index contributed by atoms with van der Waals surface area (Å²) in [5, 5.41) is 0. The molecule has 0 aliphatic carbocycles. The first-order chi connectivity index (χ1) is 10.2. The van der Waals surface area contributed by atoms with Crippen LogP contribution >= 0.6 is 15.9 Å². The van der Waals surface area contributed by atoms with Crippen molar-refractivity contribution >= 4 is 27.8 Å². The van der Waals surface area contributed by atoms with Crippen molar-refractivity contribution in [3.63, 3.8) is 0 Å². The van der Waals surface area contributed by atoms with E-state index in [-0.39, 0.29) is 5.82 Å². The van der Waals surface area contributed by atoms with Gasteiger partial charge in [-0.1, -0.05) is 28.1 Å². The summed E-state index contributed by atoms with van der Waals surface area (Å²) >= 11 is 3.38. The molecule has 0 saturated heterocycles. The van der Waals surface area contributed by atoms with Crippen LogP contribution in [0.15, 0.2) is 74.5 Å². The molecule has 4 heteroatoms. The zero-order valence-electron chi connectivity index (χ0n) is 11.0. The summed E-state index contributed by atoms with van der Waals surface area (Å²) in [5.74, 6) is 0.956. The van der Waals surface area contributed by atoms with Gasteiger partial charge in [0.05, 0.1) is 11.9 Å². The van der Waals surface area contributed by atoms with E-state index in [4.69, 9.17) is 4.42 Å². The standard InChI is InChI=1S/C17H11BrFNO/c18-13-4-6-15(7-5-13)20-11-16-8-9-17(21-16)12-2-1-3-14(19)10-12/h1-11H. The molecule has 0 aliphatic heterocycles. The van der Waals surface area contributed by atoms with Crippen molar-refractivity contribution in [2.24, 2.45) is 4.99 Å². The second-order valence-electron chi connectivity index (χ2n) is 4.45. The van der Waals surface area contributed by atoms with Crippen molar-refractivity contribution in [1.29, 1.82) is 0 Å². The Morgan fingerprint density at radius 1 is 1.00 bits per heavy atom. The fourth-order valence-electron chi connectivity index (χ4n) is 1.88. The quantitative estimate of drug-likeness (QED) is 0.568. The first-order valence-corrected chi connectivity index (χ1v) is 7.15. The van der Waals surface area contributed by atoms with E-state index in [0.717, 1.165) is 10.2 Å². The highest BCUT2D eigenvalue weighted by molar-refractivity contribution is 9.10. The van der Waals surface area contributed by atoms with Crippen LogP contribution in [-0.4, -0.2) is 6.21 Å². The smallest absolute Gasteiger partial charge is 0.145 e. The zero-order chi connectivity index (χ0) is 14.7. The van der Waals surface area contributed by atoms with Crippen molar-refractivity contribution in [1.82, 2.24) is 0 Å². The van der Waals surface area contributed by atoms with Gasteiger partial charge in [-0.05, 0) is 48.5 Å². The van der Waals surface area contributed by atoms with Crippen LogP contribution in [0.25, 0.3) is 11.3 Å². The number of nitrogens with zero attached hydrogens (tertiary/aromatic N) is 1. The molecule has 1 heterocycles. The Balaban J connectivity index is 1.80. The number of halogens is 2. The molecule has 0 fully saturated rings. The fourth-order valence-corrected chi connectivity index (χ4v) is 2.15. The maximum atomic E-state index is 13.2. The molecule has 0 unspecified atom stereocenters. The molecule has 0 atom stereocenters. The van der Waals surface area contributed by atoms with Crippen molar-refractivity contribution in [2.45, 2.75) is 0 Å². The molecule has 3 rings (SSSR count). The van der Waals surface area contributed by atoms with E-state index in [1.807, 2.05) is 30.3 Å². The molecule has 104 valence electrons. The van der Waals surface area contributed by atoms with E-state index in [1.165, 1.54) is 12.1 Å². The Kier molecular flexibility index (Phi) is 3.97. The lowest BCUT2D eigenvalue weighted by atomic mass is 10.2. The Hall–Kier alpha value is -2.20. The Labute approximate surface area is 130 Å². The topological polar surface area (TPSA) is 25.5 Å². The molecule has 0 radical (unpaired) electrons. The van der Waals surface area contributed by atoms with Gasteiger partial charge in [0.15, 0.2) is 0 Å².